The molecule has 0 aromatic carbocycles. The summed E-state index contributed by atoms with van der Waals surface area (Å²) in [5.41, 5.74) is -0.846. The molecule has 0 aromatic heterocycles. The first-order valence-corrected chi connectivity index (χ1v) is 6.26. The van der Waals surface area contributed by atoms with Crippen LogP contribution in [0.5, 0.6) is 0 Å². The average molecular weight is 270 g/mol. The quantitative estimate of drug-likeness (QED) is 0.427. The smallest absolute Gasteiger partial charge is 0.405 e. The van der Waals surface area contributed by atoms with Gasteiger partial charge in [0.25, 0.3) is 0 Å². The minimum atomic E-state index is -4.32. The molecule has 0 aliphatic heterocycles. The molecule has 100 valence electrons. The van der Waals surface area contributed by atoms with Crippen LogP contribution < -0.4 is 0 Å². The van der Waals surface area contributed by atoms with Crippen molar-refractivity contribution in [2.75, 3.05) is 13.3 Å². The van der Waals surface area contributed by atoms with E-state index in [1.165, 1.54) is 0 Å². The fourth-order valence-corrected chi connectivity index (χ4v) is 1.36. The summed E-state index contributed by atoms with van der Waals surface area (Å²) in [6, 6.07) is 0. The maximum atomic E-state index is 11.8. The lowest BCUT2D eigenvalue weighted by Gasteiger charge is -2.15. The van der Waals surface area contributed by atoms with Crippen LogP contribution in [-0.4, -0.2) is 44.1 Å². The molecule has 0 heterocycles. The van der Waals surface area contributed by atoms with Crippen molar-refractivity contribution in [2.24, 2.45) is 0 Å². The third kappa shape index (κ3) is 6.32. The van der Waals surface area contributed by atoms with Gasteiger partial charge in [0.2, 0.25) is 0 Å². The Kier molecular flexibility index (Phi) is 5.70. The highest BCUT2D eigenvalue weighted by Crippen LogP contribution is 2.09. The molecule has 0 aromatic rings. The monoisotopic (exact) mass is 270 g/mol. The van der Waals surface area contributed by atoms with Crippen LogP contribution in [0.3, 0.4) is 0 Å². The Morgan fingerprint density at radius 3 is 2.35 bits per heavy atom. The number of ether oxygens (including phenoxy) is 1. The normalized spacial score (nSPS) is 12.2. The van der Waals surface area contributed by atoms with Crippen molar-refractivity contribution in [3.05, 3.63) is 0 Å². The number of carbonyl (C=O) groups excluding carboxylic acids is 1. The maximum Gasteiger partial charge on any atom is 0.616 e. The van der Waals surface area contributed by atoms with E-state index in [1.807, 2.05) is 0 Å². The van der Waals surface area contributed by atoms with Gasteiger partial charge in [0.05, 0.1) is 13.3 Å². The van der Waals surface area contributed by atoms with E-state index in [4.69, 9.17) is 4.74 Å². The summed E-state index contributed by atoms with van der Waals surface area (Å²) < 4.78 is 43.7. The Balaban J connectivity index is 4.53. The van der Waals surface area contributed by atoms with Gasteiger partial charge in [-0.15, -0.1) is 8.42 Å². The fourth-order valence-electron chi connectivity index (χ4n) is 0.687. The SMILES string of the molecule is C=[N+](C(=O)OC(C)(C)C)S(=O)(=O)OCCCF. The first kappa shape index (κ1) is 16.0. The molecule has 17 heavy (non-hydrogen) atoms. The number of rotatable bonds is 5. The zero-order valence-corrected chi connectivity index (χ0v) is 10.9. The third-order valence-corrected chi connectivity index (χ3v) is 2.53. The largest absolute Gasteiger partial charge is 0.616 e. The first-order chi connectivity index (χ1) is 7.60. The lowest BCUT2D eigenvalue weighted by molar-refractivity contribution is -0.297. The second-order valence-corrected chi connectivity index (χ2v) is 5.68. The van der Waals surface area contributed by atoms with Crippen LogP contribution in [0.4, 0.5) is 9.18 Å². The second kappa shape index (κ2) is 6.06. The van der Waals surface area contributed by atoms with Crippen molar-refractivity contribution < 1.29 is 30.5 Å². The van der Waals surface area contributed by atoms with Crippen LogP contribution in [-0.2, 0) is 19.2 Å². The molecule has 0 spiro atoms. The lowest BCUT2D eigenvalue weighted by atomic mass is 10.2. The molecule has 1 amide bonds. The Labute approximate surface area is 100 Å². The van der Waals surface area contributed by atoms with Crippen molar-refractivity contribution >= 4 is 23.1 Å². The summed E-state index contributed by atoms with van der Waals surface area (Å²) in [7, 11) is -4.32. The third-order valence-electron chi connectivity index (χ3n) is 1.38. The molecule has 8 heteroatoms. The molecule has 0 atom stereocenters. The molecule has 0 saturated heterocycles. The molecule has 0 unspecified atom stereocenters. The van der Waals surface area contributed by atoms with Gasteiger partial charge in [-0.3, -0.25) is 4.39 Å². The van der Waals surface area contributed by atoms with Gasteiger partial charge in [0.1, 0.15) is 5.60 Å². The predicted molar refractivity (Wildman–Crippen MR) is 59.1 cm³/mol. The molecular weight excluding hydrogens is 253 g/mol. The number of alkyl halides is 1. The minimum absolute atomic E-state index is 0.0820. The molecule has 0 radical (unpaired) electrons. The van der Waals surface area contributed by atoms with E-state index in [0.29, 0.717) is 0 Å². The van der Waals surface area contributed by atoms with Crippen molar-refractivity contribution in [3.63, 3.8) is 0 Å². The van der Waals surface area contributed by atoms with E-state index >= 15 is 0 Å². The van der Waals surface area contributed by atoms with E-state index in [2.05, 4.69) is 10.9 Å². The van der Waals surface area contributed by atoms with Crippen molar-refractivity contribution in [1.82, 2.24) is 0 Å². The lowest BCUT2D eigenvalue weighted by Crippen LogP contribution is -2.34. The number of hydrogen-bond donors (Lipinski definition) is 0. The molecule has 0 fully saturated rings. The highest BCUT2D eigenvalue weighted by atomic mass is 32.2. The van der Waals surface area contributed by atoms with Gasteiger partial charge in [0.15, 0.2) is 6.72 Å². The zero-order chi connectivity index (χ0) is 13.7. The van der Waals surface area contributed by atoms with Crippen LogP contribution in [0.15, 0.2) is 0 Å². The van der Waals surface area contributed by atoms with E-state index in [1.54, 1.807) is 20.8 Å². The molecular formula is C9H17FNO5S+. The number of carbonyl (C=O) groups is 1. The number of amides is 1. The molecule has 0 aliphatic rings. The van der Waals surface area contributed by atoms with Gasteiger partial charge >= 0.3 is 16.4 Å². The highest BCUT2D eigenvalue weighted by Gasteiger charge is 2.36. The molecule has 0 saturated carbocycles. The van der Waals surface area contributed by atoms with Crippen LogP contribution >= 0.6 is 0 Å². The van der Waals surface area contributed by atoms with Crippen LogP contribution in [0, 0.1) is 0 Å². The van der Waals surface area contributed by atoms with Crippen LogP contribution in [0.25, 0.3) is 0 Å². The second-order valence-electron chi connectivity index (χ2n) is 4.15. The predicted octanol–water partition coefficient (Wildman–Crippen LogP) is 1.26. The molecule has 6 nitrogen and oxygen atoms in total. The summed E-state index contributed by atoms with van der Waals surface area (Å²) in [6.07, 6.45) is -1.24. The van der Waals surface area contributed by atoms with E-state index in [9.17, 15) is 17.6 Å². The molecule has 0 rings (SSSR count). The van der Waals surface area contributed by atoms with Gasteiger partial charge in [0, 0.05) is 10.4 Å². The summed E-state index contributed by atoms with van der Waals surface area (Å²) in [4.78, 5) is 11.3. The van der Waals surface area contributed by atoms with Gasteiger partial charge in [-0.05, 0) is 20.8 Å². The summed E-state index contributed by atoms with van der Waals surface area (Å²) in [5, 5.41) is 0. The van der Waals surface area contributed by atoms with Crippen LogP contribution in [0.2, 0.25) is 0 Å². The zero-order valence-electron chi connectivity index (χ0n) is 10.1. The Bertz CT molecular complexity index is 385. The molecule has 0 aliphatic carbocycles. The average Bonchev–Trinajstić information content (AvgIpc) is 2.14. The van der Waals surface area contributed by atoms with Crippen molar-refractivity contribution in [2.45, 2.75) is 32.8 Å². The summed E-state index contributed by atoms with van der Waals surface area (Å²) in [5.74, 6) is 0. The topological polar surface area (TPSA) is 72.7 Å². The van der Waals surface area contributed by atoms with Gasteiger partial charge in [-0.2, -0.15) is 4.79 Å². The number of nitrogens with zero attached hydrogens (tertiary/aromatic N) is 1. The van der Waals surface area contributed by atoms with Crippen LogP contribution in [0.1, 0.15) is 27.2 Å². The van der Waals surface area contributed by atoms with E-state index in [-0.39, 0.29) is 17.0 Å². The number of hydrogen-bond acceptors (Lipinski definition) is 5. The minimum Gasteiger partial charge on any atom is -0.405 e. The highest BCUT2D eigenvalue weighted by molar-refractivity contribution is 7.80. The van der Waals surface area contributed by atoms with Crippen molar-refractivity contribution in [3.8, 4) is 0 Å². The van der Waals surface area contributed by atoms with Crippen molar-refractivity contribution in [1.29, 1.82) is 0 Å². The summed E-state index contributed by atoms with van der Waals surface area (Å²) in [6.45, 7) is 6.70. The summed E-state index contributed by atoms with van der Waals surface area (Å²) >= 11 is 0. The Morgan fingerprint density at radius 1 is 1.41 bits per heavy atom. The molecule has 0 bridgehead atoms. The van der Waals surface area contributed by atoms with Gasteiger partial charge in [-0.1, -0.05) is 0 Å². The molecule has 0 N–H and O–H groups in total. The standard InChI is InChI=1S/C9H17FNO5S/c1-9(2,3)16-8(12)11(4)17(13,14)15-7-5-6-10/h4-7H2,1-3H3/q+1. The van der Waals surface area contributed by atoms with Gasteiger partial charge < -0.3 is 4.74 Å². The number of halogens is 1. The van der Waals surface area contributed by atoms with E-state index < -0.39 is 28.7 Å². The Hall–Kier alpha value is -1.02. The fraction of sp³-hybridized carbons (Fsp3) is 0.778. The maximum absolute atomic E-state index is 11.8. The first-order valence-electron chi connectivity index (χ1n) is 4.89. The Morgan fingerprint density at radius 2 is 1.94 bits per heavy atom. The van der Waals surface area contributed by atoms with E-state index in [0.717, 1.165) is 0 Å². The van der Waals surface area contributed by atoms with Gasteiger partial charge in [-0.25, -0.2) is 4.18 Å².